The molecule has 0 atom stereocenters. The van der Waals surface area contributed by atoms with Crippen molar-refractivity contribution in [2.24, 2.45) is 5.14 Å². The normalized spacial score (nSPS) is 13.0. The Morgan fingerprint density at radius 3 is 2.57 bits per heavy atom. The van der Waals surface area contributed by atoms with Crippen LogP contribution in [0.3, 0.4) is 0 Å². The average molecular weight is 421 g/mol. The highest BCUT2D eigenvalue weighted by Gasteiger charge is 2.30. The van der Waals surface area contributed by atoms with Gasteiger partial charge in [0.15, 0.2) is 16.4 Å². The maximum absolute atomic E-state index is 12.2. The molecule has 2 N–H and O–H groups in total. The van der Waals surface area contributed by atoms with Gasteiger partial charge >= 0.3 is 0 Å². The van der Waals surface area contributed by atoms with E-state index in [9.17, 15) is 8.42 Å². The summed E-state index contributed by atoms with van der Waals surface area (Å²) in [5.74, 6) is 0.779. The highest BCUT2D eigenvalue weighted by atomic mass is 35.5. The van der Waals surface area contributed by atoms with E-state index < -0.39 is 10.0 Å². The van der Waals surface area contributed by atoms with Crippen LogP contribution in [0.25, 0.3) is 22.6 Å². The predicted octanol–water partition coefficient (Wildman–Crippen LogP) is 3.43. The van der Waals surface area contributed by atoms with E-state index in [0.29, 0.717) is 28.5 Å². The summed E-state index contributed by atoms with van der Waals surface area (Å²) in [6.07, 6.45) is 1.47. The predicted molar refractivity (Wildman–Crippen MR) is 104 cm³/mol. The quantitative estimate of drug-likeness (QED) is 0.693. The van der Waals surface area contributed by atoms with Crippen molar-refractivity contribution in [1.82, 2.24) is 5.16 Å². The third-order valence-corrected chi connectivity index (χ3v) is 5.98. The number of halogens is 1. The lowest BCUT2D eigenvalue weighted by molar-refractivity contribution is 0.374. The summed E-state index contributed by atoms with van der Waals surface area (Å²) in [5, 5.41) is 10.2. The van der Waals surface area contributed by atoms with E-state index in [1.165, 1.54) is 20.3 Å². The maximum Gasteiger partial charge on any atom is 0.245 e. The molecule has 7 nitrogen and oxygen atoms in total. The van der Waals surface area contributed by atoms with E-state index in [2.05, 4.69) is 5.16 Å². The molecule has 9 heteroatoms. The fourth-order valence-corrected chi connectivity index (χ4v) is 4.62. The van der Waals surface area contributed by atoms with Crippen molar-refractivity contribution < 1.29 is 22.4 Å². The lowest BCUT2D eigenvalue weighted by atomic mass is 9.88. The van der Waals surface area contributed by atoms with Gasteiger partial charge in [0, 0.05) is 21.7 Å². The SMILES string of the molecule is COc1ccc(-c2noc3c2CCc2ccc(Cl)cc2-3)c(OC)c1S(N)(=O)=O. The van der Waals surface area contributed by atoms with Gasteiger partial charge in [-0.1, -0.05) is 22.8 Å². The lowest BCUT2D eigenvalue weighted by Crippen LogP contribution is -2.15. The molecule has 0 fully saturated rings. The van der Waals surface area contributed by atoms with Gasteiger partial charge in [-0.25, -0.2) is 13.6 Å². The van der Waals surface area contributed by atoms with Gasteiger partial charge in [0.25, 0.3) is 0 Å². The summed E-state index contributed by atoms with van der Waals surface area (Å²) in [4.78, 5) is -0.231. The fourth-order valence-electron chi connectivity index (χ4n) is 3.57. The van der Waals surface area contributed by atoms with Crippen LogP contribution in [0.1, 0.15) is 11.1 Å². The Labute approximate surface area is 167 Å². The number of benzene rings is 2. The number of hydrogen-bond acceptors (Lipinski definition) is 6. The van der Waals surface area contributed by atoms with E-state index in [0.717, 1.165) is 23.1 Å². The van der Waals surface area contributed by atoms with Gasteiger partial charge < -0.3 is 14.0 Å². The van der Waals surface area contributed by atoms with Crippen molar-refractivity contribution >= 4 is 21.6 Å². The Morgan fingerprint density at radius 2 is 1.89 bits per heavy atom. The Bertz CT molecular complexity index is 1190. The first-order chi connectivity index (χ1) is 13.3. The van der Waals surface area contributed by atoms with Crippen LogP contribution in [0.2, 0.25) is 5.02 Å². The second-order valence-electron chi connectivity index (χ2n) is 6.36. The zero-order valence-corrected chi connectivity index (χ0v) is 16.7. The molecule has 0 unspecified atom stereocenters. The first kappa shape index (κ1) is 18.8. The van der Waals surface area contributed by atoms with Crippen molar-refractivity contribution in [2.75, 3.05) is 14.2 Å². The van der Waals surface area contributed by atoms with E-state index in [1.54, 1.807) is 6.07 Å². The van der Waals surface area contributed by atoms with Crippen molar-refractivity contribution in [3.63, 3.8) is 0 Å². The summed E-state index contributed by atoms with van der Waals surface area (Å²) >= 11 is 6.14. The summed E-state index contributed by atoms with van der Waals surface area (Å²) in [6.45, 7) is 0. The van der Waals surface area contributed by atoms with Crippen LogP contribution in [0, 0.1) is 0 Å². The van der Waals surface area contributed by atoms with Crippen molar-refractivity contribution in [3.05, 3.63) is 46.5 Å². The first-order valence-electron chi connectivity index (χ1n) is 8.40. The molecule has 28 heavy (non-hydrogen) atoms. The topological polar surface area (TPSA) is 105 Å². The van der Waals surface area contributed by atoms with Gasteiger partial charge in [0.05, 0.1) is 14.2 Å². The van der Waals surface area contributed by atoms with Crippen LogP contribution < -0.4 is 14.6 Å². The number of aryl methyl sites for hydroxylation is 1. The molecule has 3 aromatic rings. The van der Waals surface area contributed by atoms with Gasteiger partial charge in [-0.15, -0.1) is 0 Å². The third kappa shape index (κ3) is 2.94. The van der Waals surface area contributed by atoms with Crippen LogP contribution in [0.15, 0.2) is 39.8 Å². The Hall–Kier alpha value is -2.55. The number of nitrogens with zero attached hydrogens (tertiary/aromatic N) is 1. The number of ether oxygens (including phenoxy) is 2. The fraction of sp³-hybridized carbons (Fsp3) is 0.211. The maximum atomic E-state index is 12.2. The van der Waals surface area contributed by atoms with Gasteiger partial charge in [0.2, 0.25) is 10.0 Å². The van der Waals surface area contributed by atoms with Crippen LogP contribution in [0.4, 0.5) is 0 Å². The van der Waals surface area contributed by atoms with Gasteiger partial charge in [0.1, 0.15) is 11.4 Å². The number of sulfonamides is 1. The molecule has 146 valence electrons. The Kier molecular flexibility index (Phi) is 4.57. The lowest BCUT2D eigenvalue weighted by Gasteiger charge is -2.17. The highest BCUT2D eigenvalue weighted by Crippen LogP contribution is 2.45. The molecular formula is C19H17ClN2O5S. The van der Waals surface area contributed by atoms with E-state index >= 15 is 0 Å². The Balaban J connectivity index is 1.96. The zero-order valence-electron chi connectivity index (χ0n) is 15.2. The van der Waals surface area contributed by atoms with Crippen LogP contribution in [-0.2, 0) is 22.9 Å². The van der Waals surface area contributed by atoms with Crippen LogP contribution in [-0.4, -0.2) is 27.8 Å². The molecule has 2 aromatic carbocycles. The standard InChI is InChI=1S/C19H17ClN2O5S/c1-25-15-8-7-13(18(26-2)19(15)28(21,23)24)16-12-6-4-10-3-5-11(20)9-14(10)17(12)27-22-16/h3,5,7-9H,4,6H2,1-2H3,(H2,21,23,24). The molecule has 1 aliphatic carbocycles. The number of nitrogens with two attached hydrogens (primary N) is 1. The van der Waals surface area contributed by atoms with Crippen molar-refractivity contribution in [3.8, 4) is 34.1 Å². The minimum absolute atomic E-state index is 0.0647. The second kappa shape index (κ2) is 6.80. The highest BCUT2D eigenvalue weighted by molar-refractivity contribution is 7.89. The summed E-state index contributed by atoms with van der Waals surface area (Å²) in [7, 11) is -1.37. The number of primary sulfonamides is 1. The molecule has 0 saturated heterocycles. The number of aromatic nitrogens is 1. The zero-order chi connectivity index (χ0) is 20.1. The van der Waals surface area contributed by atoms with Gasteiger partial charge in [-0.05, 0) is 42.7 Å². The largest absolute Gasteiger partial charge is 0.495 e. The first-order valence-corrected chi connectivity index (χ1v) is 10.3. The number of methoxy groups -OCH3 is 2. The Morgan fingerprint density at radius 1 is 1.11 bits per heavy atom. The van der Waals surface area contributed by atoms with E-state index in [4.69, 9.17) is 30.7 Å². The van der Waals surface area contributed by atoms with Crippen LogP contribution >= 0.6 is 11.6 Å². The molecule has 0 radical (unpaired) electrons. The molecule has 0 spiro atoms. The molecule has 0 bridgehead atoms. The molecule has 0 amide bonds. The summed E-state index contributed by atoms with van der Waals surface area (Å²) < 4.78 is 40.5. The summed E-state index contributed by atoms with van der Waals surface area (Å²) in [6, 6.07) is 8.85. The minimum atomic E-state index is -4.10. The smallest absolute Gasteiger partial charge is 0.245 e. The minimum Gasteiger partial charge on any atom is -0.495 e. The third-order valence-electron chi connectivity index (χ3n) is 4.79. The van der Waals surface area contributed by atoms with E-state index in [1.807, 2.05) is 18.2 Å². The second-order valence-corrected chi connectivity index (χ2v) is 8.30. The number of rotatable bonds is 4. The molecule has 1 aliphatic rings. The molecule has 1 heterocycles. The average Bonchev–Trinajstić information content (AvgIpc) is 3.10. The van der Waals surface area contributed by atoms with Crippen molar-refractivity contribution in [2.45, 2.75) is 17.7 Å². The molecule has 0 aliphatic heterocycles. The van der Waals surface area contributed by atoms with Gasteiger partial charge in [-0.3, -0.25) is 0 Å². The van der Waals surface area contributed by atoms with Gasteiger partial charge in [-0.2, -0.15) is 0 Å². The number of fused-ring (bicyclic) bond motifs is 3. The molecule has 0 saturated carbocycles. The van der Waals surface area contributed by atoms with E-state index in [-0.39, 0.29) is 16.4 Å². The molecular weight excluding hydrogens is 404 g/mol. The molecule has 4 rings (SSSR count). The molecule has 1 aromatic heterocycles. The van der Waals surface area contributed by atoms with Crippen molar-refractivity contribution in [1.29, 1.82) is 0 Å². The number of hydrogen-bond donors (Lipinski definition) is 1. The van der Waals surface area contributed by atoms with Crippen LogP contribution in [0.5, 0.6) is 11.5 Å². The summed E-state index contributed by atoms with van der Waals surface area (Å²) in [5.41, 5.74) is 3.82. The monoisotopic (exact) mass is 420 g/mol.